The molecule has 1 saturated carbocycles. The lowest BCUT2D eigenvalue weighted by molar-refractivity contribution is 0.171. The molecule has 0 radical (unpaired) electrons. The molecule has 2 N–H and O–H groups in total. The number of benzene rings is 1. The van der Waals surface area contributed by atoms with Crippen molar-refractivity contribution in [2.75, 3.05) is 6.79 Å². The number of nitrogens with two attached hydrogens (primary N) is 1. The second-order valence-electron chi connectivity index (χ2n) is 4.64. The van der Waals surface area contributed by atoms with Gasteiger partial charge in [-0.05, 0) is 28.8 Å². The van der Waals surface area contributed by atoms with Gasteiger partial charge in [-0.25, -0.2) is 4.39 Å². The third-order valence-corrected chi connectivity index (χ3v) is 4.13. The van der Waals surface area contributed by atoms with Crippen molar-refractivity contribution in [3.05, 3.63) is 21.9 Å². The Bertz CT molecular complexity index is 472. The molecule has 1 aliphatic heterocycles. The van der Waals surface area contributed by atoms with E-state index in [2.05, 4.69) is 15.9 Å². The van der Waals surface area contributed by atoms with Crippen LogP contribution < -0.4 is 15.2 Å². The van der Waals surface area contributed by atoms with E-state index in [9.17, 15) is 4.39 Å². The summed E-state index contributed by atoms with van der Waals surface area (Å²) in [6, 6.07) is 1.60. The van der Waals surface area contributed by atoms with Gasteiger partial charge in [0, 0.05) is 11.6 Å². The number of hydrogen-bond donors (Lipinski definition) is 1. The zero-order valence-electron chi connectivity index (χ0n) is 9.26. The molecular weight excluding hydrogens is 289 g/mol. The zero-order valence-corrected chi connectivity index (χ0v) is 10.8. The maximum Gasteiger partial charge on any atom is 0.231 e. The molecule has 0 aromatic heterocycles. The van der Waals surface area contributed by atoms with Gasteiger partial charge in [0.1, 0.15) is 5.82 Å². The minimum Gasteiger partial charge on any atom is -0.454 e. The van der Waals surface area contributed by atoms with E-state index in [0.717, 1.165) is 25.7 Å². The van der Waals surface area contributed by atoms with Crippen LogP contribution in [0.3, 0.4) is 0 Å². The van der Waals surface area contributed by atoms with Gasteiger partial charge < -0.3 is 15.2 Å². The summed E-state index contributed by atoms with van der Waals surface area (Å²) in [5, 5.41) is 0. The highest BCUT2D eigenvalue weighted by Crippen LogP contribution is 2.49. The molecule has 1 aromatic rings. The molecule has 1 fully saturated rings. The van der Waals surface area contributed by atoms with Crippen LogP contribution in [-0.2, 0) is 5.54 Å². The van der Waals surface area contributed by atoms with Crippen molar-refractivity contribution in [1.82, 2.24) is 0 Å². The highest BCUT2D eigenvalue weighted by molar-refractivity contribution is 9.10. The van der Waals surface area contributed by atoms with Crippen LogP contribution in [0.25, 0.3) is 0 Å². The van der Waals surface area contributed by atoms with Crippen molar-refractivity contribution >= 4 is 15.9 Å². The summed E-state index contributed by atoms with van der Waals surface area (Å²) in [7, 11) is 0. The third kappa shape index (κ3) is 1.64. The summed E-state index contributed by atoms with van der Waals surface area (Å²) >= 11 is 3.20. The fraction of sp³-hybridized carbons (Fsp3) is 0.500. The molecule has 17 heavy (non-hydrogen) atoms. The predicted molar refractivity (Wildman–Crippen MR) is 64.6 cm³/mol. The van der Waals surface area contributed by atoms with E-state index < -0.39 is 5.54 Å². The molecule has 2 aliphatic rings. The number of halogens is 2. The van der Waals surface area contributed by atoms with Gasteiger partial charge >= 0.3 is 0 Å². The topological polar surface area (TPSA) is 44.5 Å². The maximum absolute atomic E-state index is 14.3. The van der Waals surface area contributed by atoms with Gasteiger partial charge in [-0.3, -0.25) is 0 Å². The highest BCUT2D eigenvalue weighted by Gasteiger charge is 2.39. The first-order valence-electron chi connectivity index (χ1n) is 5.69. The van der Waals surface area contributed by atoms with E-state index in [1.54, 1.807) is 6.07 Å². The lowest BCUT2D eigenvalue weighted by atomic mass is 9.88. The molecule has 92 valence electrons. The van der Waals surface area contributed by atoms with Crippen LogP contribution in [0, 0.1) is 5.82 Å². The third-order valence-electron chi connectivity index (χ3n) is 3.55. The Morgan fingerprint density at radius 3 is 2.71 bits per heavy atom. The molecule has 0 saturated heterocycles. The van der Waals surface area contributed by atoms with Crippen LogP contribution in [0.4, 0.5) is 4.39 Å². The number of rotatable bonds is 1. The first-order valence-corrected chi connectivity index (χ1v) is 6.48. The Hall–Kier alpha value is -0.810. The minimum absolute atomic E-state index is 0.133. The Balaban J connectivity index is 2.21. The quantitative estimate of drug-likeness (QED) is 0.867. The van der Waals surface area contributed by atoms with E-state index in [1.807, 2.05) is 0 Å². The summed E-state index contributed by atoms with van der Waals surface area (Å²) < 4.78 is 25.4. The molecule has 0 spiro atoms. The number of fused-ring (bicyclic) bond motifs is 1. The van der Waals surface area contributed by atoms with Gasteiger partial charge in [0.05, 0.1) is 10.0 Å². The lowest BCUT2D eigenvalue weighted by Gasteiger charge is -2.26. The summed E-state index contributed by atoms with van der Waals surface area (Å²) in [6.45, 7) is 0.133. The Morgan fingerprint density at radius 1 is 1.29 bits per heavy atom. The molecule has 1 aromatic carbocycles. The van der Waals surface area contributed by atoms with Gasteiger partial charge in [-0.15, -0.1) is 0 Å². The number of hydrogen-bond acceptors (Lipinski definition) is 3. The second-order valence-corrected chi connectivity index (χ2v) is 5.50. The smallest absolute Gasteiger partial charge is 0.231 e. The standard InChI is InChI=1S/C12H13BrFNO2/c13-7-5-8-11(17-6-16-8)9(10(7)14)12(15)3-1-2-4-12/h5H,1-4,6,15H2. The summed E-state index contributed by atoms with van der Waals surface area (Å²) in [5.41, 5.74) is 6.18. The molecule has 1 heterocycles. The molecule has 0 unspecified atom stereocenters. The van der Waals surface area contributed by atoms with E-state index in [1.165, 1.54) is 0 Å². The van der Waals surface area contributed by atoms with Crippen LogP contribution in [0.15, 0.2) is 10.5 Å². The predicted octanol–water partition coefficient (Wildman–Crippen LogP) is 3.04. The fourth-order valence-corrected chi connectivity index (χ4v) is 3.10. The van der Waals surface area contributed by atoms with Crippen LogP contribution in [0.1, 0.15) is 31.2 Å². The molecule has 0 atom stereocenters. The normalized spacial score (nSPS) is 20.9. The van der Waals surface area contributed by atoms with Gasteiger partial charge in [-0.2, -0.15) is 0 Å². The van der Waals surface area contributed by atoms with E-state index in [-0.39, 0.29) is 12.6 Å². The Morgan fingerprint density at radius 2 is 2.00 bits per heavy atom. The monoisotopic (exact) mass is 301 g/mol. The van der Waals surface area contributed by atoms with Crippen molar-refractivity contribution in [3.8, 4) is 11.5 Å². The summed E-state index contributed by atoms with van der Waals surface area (Å²) in [5.74, 6) is 0.735. The first-order chi connectivity index (χ1) is 8.12. The minimum atomic E-state index is -0.619. The molecule has 3 nitrogen and oxygen atoms in total. The SMILES string of the molecule is NC1(c2c(F)c(Br)cc3c2OCO3)CCCC1. The van der Waals surface area contributed by atoms with Crippen LogP contribution in [0.2, 0.25) is 0 Å². The van der Waals surface area contributed by atoms with Crippen LogP contribution in [0.5, 0.6) is 11.5 Å². The average molecular weight is 302 g/mol. The number of ether oxygens (including phenoxy) is 2. The summed E-state index contributed by atoms with van der Waals surface area (Å²) in [6.07, 6.45) is 3.63. The van der Waals surface area contributed by atoms with Crippen LogP contribution in [-0.4, -0.2) is 6.79 Å². The van der Waals surface area contributed by atoms with Crippen molar-refractivity contribution in [2.24, 2.45) is 5.73 Å². The molecule has 5 heteroatoms. The second kappa shape index (κ2) is 3.85. The van der Waals surface area contributed by atoms with Crippen molar-refractivity contribution in [1.29, 1.82) is 0 Å². The van der Waals surface area contributed by atoms with Crippen LogP contribution >= 0.6 is 15.9 Å². The van der Waals surface area contributed by atoms with Crippen molar-refractivity contribution < 1.29 is 13.9 Å². The average Bonchev–Trinajstić information content (AvgIpc) is 2.89. The van der Waals surface area contributed by atoms with Gasteiger partial charge in [-0.1, -0.05) is 12.8 Å². The molecule has 0 amide bonds. The van der Waals surface area contributed by atoms with Gasteiger partial charge in [0.15, 0.2) is 11.5 Å². The van der Waals surface area contributed by atoms with Gasteiger partial charge in [0.2, 0.25) is 6.79 Å². The zero-order chi connectivity index (χ0) is 12.0. The molecular formula is C12H13BrFNO2. The highest BCUT2D eigenvalue weighted by atomic mass is 79.9. The maximum atomic E-state index is 14.3. The Labute approximate surface area is 107 Å². The largest absolute Gasteiger partial charge is 0.454 e. The fourth-order valence-electron chi connectivity index (χ4n) is 2.69. The molecule has 3 rings (SSSR count). The van der Waals surface area contributed by atoms with Crippen molar-refractivity contribution in [3.63, 3.8) is 0 Å². The van der Waals surface area contributed by atoms with E-state index >= 15 is 0 Å². The van der Waals surface area contributed by atoms with Gasteiger partial charge in [0.25, 0.3) is 0 Å². The molecule has 1 aliphatic carbocycles. The van der Waals surface area contributed by atoms with Crippen molar-refractivity contribution in [2.45, 2.75) is 31.2 Å². The molecule has 0 bridgehead atoms. The lowest BCUT2D eigenvalue weighted by Crippen LogP contribution is -2.34. The van der Waals surface area contributed by atoms with E-state index in [0.29, 0.717) is 21.5 Å². The Kier molecular flexibility index (Phi) is 2.56. The first kappa shape index (κ1) is 11.3. The summed E-state index contributed by atoms with van der Waals surface area (Å²) in [4.78, 5) is 0. The van der Waals surface area contributed by atoms with E-state index in [4.69, 9.17) is 15.2 Å².